The molecule has 0 aliphatic carbocycles. The van der Waals surface area contributed by atoms with Gasteiger partial charge in [-0.25, -0.2) is 0 Å². The molecule has 0 N–H and O–H groups in total. The molecule has 0 atom stereocenters. The standard InChI is InChI=1S/C20H34O/c1-5-7-9-11-13-15-19(3)17-21-18-20(4)16-14-12-10-8-6-2/h7-10H,3-6,11-18H2,1-2H3/b9-7+,10-8+. The molecule has 0 aromatic rings. The van der Waals surface area contributed by atoms with Crippen LogP contribution in [0, 0.1) is 0 Å². The van der Waals surface area contributed by atoms with Crippen molar-refractivity contribution in [3.63, 3.8) is 0 Å². The second-order valence-corrected chi connectivity index (χ2v) is 5.54. The Morgan fingerprint density at radius 3 is 1.57 bits per heavy atom. The Morgan fingerprint density at radius 2 is 1.19 bits per heavy atom. The number of hydrogen-bond donors (Lipinski definition) is 0. The van der Waals surface area contributed by atoms with Crippen molar-refractivity contribution in [2.75, 3.05) is 13.2 Å². The second kappa shape index (κ2) is 15.3. The van der Waals surface area contributed by atoms with Gasteiger partial charge in [-0.2, -0.15) is 0 Å². The summed E-state index contributed by atoms with van der Waals surface area (Å²) in [6.45, 7) is 13.8. The number of allylic oxidation sites excluding steroid dienone is 4. The Balaban J connectivity index is 3.46. The number of hydrogen-bond acceptors (Lipinski definition) is 1. The maximum absolute atomic E-state index is 5.68. The monoisotopic (exact) mass is 290 g/mol. The van der Waals surface area contributed by atoms with Gasteiger partial charge >= 0.3 is 0 Å². The first-order valence-electron chi connectivity index (χ1n) is 8.41. The van der Waals surface area contributed by atoms with Crippen LogP contribution in [-0.2, 0) is 4.74 Å². The summed E-state index contributed by atoms with van der Waals surface area (Å²) in [6, 6.07) is 0. The highest BCUT2D eigenvalue weighted by molar-refractivity contribution is 4.98. The molecule has 0 saturated heterocycles. The third-order valence-corrected chi connectivity index (χ3v) is 3.22. The third kappa shape index (κ3) is 15.1. The van der Waals surface area contributed by atoms with E-state index >= 15 is 0 Å². The van der Waals surface area contributed by atoms with Gasteiger partial charge in [0.05, 0.1) is 13.2 Å². The smallest absolute Gasteiger partial charge is 0.0678 e. The number of unbranched alkanes of at least 4 members (excludes halogenated alkanes) is 2. The molecule has 0 bridgehead atoms. The molecule has 0 unspecified atom stereocenters. The summed E-state index contributed by atoms with van der Waals surface area (Å²) in [4.78, 5) is 0. The molecular formula is C20H34O. The Bertz CT molecular complexity index is 291. The topological polar surface area (TPSA) is 9.23 Å². The van der Waals surface area contributed by atoms with Crippen molar-refractivity contribution in [3.05, 3.63) is 48.6 Å². The van der Waals surface area contributed by atoms with Crippen LogP contribution in [0.4, 0.5) is 0 Å². The van der Waals surface area contributed by atoms with E-state index in [1.807, 2.05) is 0 Å². The van der Waals surface area contributed by atoms with Crippen molar-refractivity contribution in [3.8, 4) is 0 Å². The van der Waals surface area contributed by atoms with E-state index in [1.165, 1.54) is 24.0 Å². The van der Waals surface area contributed by atoms with Crippen LogP contribution >= 0.6 is 0 Å². The Labute approximate surface area is 132 Å². The molecule has 0 amide bonds. The summed E-state index contributed by atoms with van der Waals surface area (Å²) in [5, 5.41) is 0. The van der Waals surface area contributed by atoms with Gasteiger partial charge in [0.15, 0.2) is 0 Å². The Morgan fingerprint density at radius 1 is 0.762 bits per heavy atom. The predicted molar refractivity (Wildman–Crippen MR) is 95.7 cm³/mol. The summed E-state index contributed by atoms with van der Waals surface area (Å²) in [5.74, 6) is 0. The van der Waals surface area contributed by atoms with Crippen LogP contribution in [0.15, 0.2) is 48.6 Å². The van der Waals surface area contributed by atoms with Crippen molar-refractivity contribution in [2.24, 2.45) is 0 Å². The molecule has 1 nitrogen and oxygen atoms in total. The average Bonchev–Trinajstić information content (AvgIpc) is 2.47. The molecular weight excluding hydrogens is 256 g/mol. The second-order valence-electron chi connectivity index (χ2n) is 5.54. The Hall–Kier alpha value is -1.08. The number of rotatable bonds is 14. The zero-order chi connectivity index (χ0) is 15.8. The summed E-state index contributed by atoms with van der Waals surface area (Å²) < 4.78 is 5.68. The first-order valence-corrected chi connectivity index (χ1v) is 8.41. The molecule has 1 heteroatoms. The van der Waals surface area contributed by atoms with E-state index < -0.39 is 0 Å². The van der Waals surface area contributed by atoms with Gasteiger partial charge in [0.1, 0.15) is 0 Å². The number of ether oxygens (including phenoxy) is 1. The molecule has 0 heterocycles. The van der Waals surface area contributed by atoms with E-state index in [0.29, 0.717) is 13.2 Å². The zero-order valence-corrected chi connectivity index (χ0v) is 14.2. The highest BCUT2D eigenvalue weighted by atomic mass is 16.5. The minimum absolute atomic E-state index is 0.673. The van der Waals surface area contributed by atoms with Gasteiger partial charge < -0.3 is 4.74 Å². The molecule has 0 aliphatic rings. The summed E-state index contributed by atoms with van der Waals surface area (Å²) in [7, 11) is 0. The SMILES string of the molecule is C=C(CCC/C=C/CC)COCC(=C)CCC/C=C/CC. The molecule has 0 radical (unpaired) electrons. The maximum Gasteiger partial charge on any atom is 0.0678 e. The van der Waals surface area contributed by atoms with Crippen LogP contribution in [0.1, 0.15) is 65.2 Å². The van der Waals surface area contributed by atoms with Crippen molar-refractivity contribution < 1.29 is 4.74 Å². The lowest BCUT2D eigenvalue weighted by Crippen LogP contribution is -2.01. The highest BCUT2D eigenvalue weighted by Crippen LogP contribution is 2.10. The van der Waals surface area contributed by atoms with Crippen LogP contribution in [0.3, 0.4) is 0 Å². The molecule has 0 aliphatic heterocycles. The first kappa shape index (κ1) is 19.9. The van der Waals surface area contributed by atoms with Crippen molar-refractivity contribution in [2.45, 2.75) is 65.2 Å². The molecule has 0 aromatic heterocycles. The van der Waals surface area contributed by atoms with Gasteiger partial charge in [-0.15, -0.1) is 0 Å². The molecule has 0 saturated carbocycles. The lowest BCUT2D eigenvalue weighted by molar-refractivity contribution is 0.175. The molecule has 21 heavy (non-hydrogen) atoms. The van der Waals surface area contributed by atoms with Crippen LogP contribution in [0.2, 0.25) is 0 Å². The molecule has 0 rings (SSSR count). The minimum atomic E-state index is 0.673. The largest absolute Gasteiger partial charge is 0.373 e. The fourth-order valence-corrected chi connectivity index (χ4v) is 1.99. The first-order chi connectivity index (χ1) is 10.2. The van der Waals surface area contributed by atoms with E-state index in [1.54, 1.807) is 0 Å². The van der Waals surface area contributed by atoms with Crippen LogP contribution in [0.5, 0.6) is 0 Å². The van der Waals surface area contributed by atoms with Crippen LogP contribution < -0.4 is 0 Å². The van der Waals surface area contributed by atoms with Crippen molar-refractivity contribution in [1.29, 1.82) is 0 Å². The van der Waals surface area contributed by atoms with Crippen LogP contribution in [0.25, 0.3) is 0 Å². The fourth-order valence-electron chi connectivity index (χ4n) is 1.99. The van der Waals surface area contributed by atoms with E-state index in [9.17, 15) is 0 Å². The van der Waals surface area contributed by atoms with E-state index in [-0.39, 0.29) is 0 Å². The van der Waals surface area contributed by atoms with Gasteiger partial charge in [0.25, 0.3) is 0 Å². The average molecular weight is 290 g/mol. The highest BCUT2D eigenvalue weighted by Gasteiger charge is 1.98. The molecule has 0 fully saturated rings. The van der Waals surface area contributed by atoms with Crippen molar-refractivity contribution >= 4 is 0 Å². The lowest BCUT2D eigenvalue weighted by atomic mass is 10.1. The summed E-state index contributed by atoms with van der Waals surface area (Å²) in [6.07, 6.45) is 17.9. The van der Waals surface area contributed by atoms with Gasteiger partial charge in [-0.1, -0.05) is 62.5 Å². The van der Waals surface area contributed by atoms with E-state index in [0.717, 1.165) is 38.5 Å². The summed E-state index contributed by atoms with van der Waals surface area (Å²) >= 11 is 0. The summed E-state index contributed by atoms with van der Waals surface area (Å²) in [5.41, 5.74) is 2.39. The molecule has 0 aromatic carbocycles. The normalized spacial score (nSPS) is 11.5. The van der Waals surface area contributed by atoms with Crippen molar-refractivity contribution in [1.82, 2.24) is 0 Å². The third-order valence-electron chi connectivity index (χ3n) is 3.22. The van der Waals surface area contributed by atoms with Gasteiger partial charge in [-0.05, 0) is 51.4 Å². The van der Waals surface area contributed by atoms with Gasteiger partial charge in [-0.3, -0.25) is 0 Å². The predicted octanol–water partition coefficient (Wildman–Crippen LogP) is 6.39. The van der Waals surface area contributed by atoms with E-state index in [2.05, 4.69) is 51.3 Å². The maximum atomic E-state index is 5.68. The zero-order valence-electron chi connectivity index (χ0n) is 14.2. The van der Waals surface area contributed by atoms with Crippen LogP contribution in [-0.4, -0.2) is 13.2 Å². The van der Waals surface area contributed by atoms with E-state index in [4.69, 9.17) is 4.74 Å². The molecule has 0 spiro atoms. The van der Waals surface area contributed by atoms with Gasteiger partial charge in [0.2, 0.25) is 0 Å². The minimum Gasteiger partial charge on any atom is -0.373 e. The fraction of sp³-hybridized carbons (Fsp3) is 0.600. The quantitative estimate of drug-likeness (QED) is 0.266. The lowest BCUT2D eigenvalue weighted by Gasteiger charge is -2.08. The van der Waals surface area contributed by atoms with Gasteiger partial charge in [0, 0.05) is 0 Å². The Kier molecular flexibility index (Phi) is 14.5. The molecule has 120 valence electrons.